The normalized spacial score (nSPS) is 23.1. The van der Waals surface area contributed by atoms with Crippen LogP contribution < -0.4 is 5.73 Å². The Kier molecular flexibility index (Phi) is 3.45. The fourth-order valence-electron chi connectivity index (χ4n) is 2.31. The van der Waals surface area contributed by atoms with Crippen molar-refractivity contribution >= 4 is 5.91 Å². The highest BCUT2D eigenvalue weighted by Crippen LogP contribution is 2.23. The number of furan rings is 1. The first-order valence-electron chi connectivity index (χ1n) is 6.14. The number of aryl methyl sites for hydroxylation is 1. The Labute approximate surface area is 107 Å². The predicted octanol–water partition coefficient (Wildman–Crippen LogP) is 1.17. The molecule has 0 aliphatic carbocycles. The van der Waals surface area contributed by atoms with Crippen LogP contribution in [0.4, 0.5) is 0 Å². The quantitative estimate of drug-likeness (QED) is 0.857. The van der Waals surface area contributed by atoms with E-state index in [1.165, 1.54) is 6.26 Å². The van der Waals surface area contributed by atoms with Crippen molar-refractivity contribution in [3.8, 4) is 0 Å². The minimum absolute atomic E-state index is 0.0904. The summed E-state index contributed by atoms with van der Waals surface area (Å²) in [5, 5.41) is 0. The number of carbonyl (C=O) groups excluding carboxylic acids is 1. The van der Waals surface area contributed by atoms with E-state index in [9.17, 15) is 4.79 Å². The van der Waals surface area contributed by atoms with E-state index in [1.807, 2.05) is 20.8 Å². The van der Waals surface area contributed by atoms with Gasteiger partial charge in [0, 0.05) is 25.2 Å². The highest BCUT2D eigenvalue weighted by Gasteiger charge is 2.36. The molecule has 0 saturated carbocycles. The third-order valence-electron chi connectivity index (χ3n) is 3.09. The minimum Gasteiger partial charge on any atom is -0.459 e. The maximum absolute atomic E-state index is 12.4. The summed E-state index contributed by atoms with van der Waals surface area (Å²) in [7, 11) is 0. The molecule has 1 aliphatic rings. The number of carbonyl (C=O) groups is 1. The van der Waals surface area contributed by atoms with Gasteiger partial charge >= 0.3 is 0 Å². The van der Waals surface area contributed by atoms with Crippen molar-refractivity contribution in [3.05, 3.63) is 23.7 Å². The number of ether oxygens (including phenoxy) is 1. The smallest absolute Gasteiger partial charge is 0.290 e. The highest BCUT2D eigenvalue weighted by molar-refractivity contribution is 5.93. The molecule has 1 aromatic rings. The summed E-state index contributed by atoms with van der Waals surface area (Å²) >= 11 is 0. The zero-order valence-electron chi connectivity index (χ0n) is 11.1. The molecule has 1 aromatic heterocycles. The summed E-state index contributed by atoms with van der Waals surface area (Å²) in [4.78, 5) is 14.1. The third-order valence-corrected chi connectivity index (χ3v) is 3.09. The maximum Gasteiger partial charge on any atom is 0.290 e. The Hall–Kier alpha value is -1.33. The van der Waals surface area contributed by atoms with E-state index in [0.717, 1.165) is 5.56 Å². The highest BCUT2D eigenvalue weighted by atomic mass is 16.5. The van der Waals surface area contributed by atoms with Crippen LogP contribution in [0.15, 0.2) is 16.7 Å². The number of hydrogen-bond donors (Lipinski definition) is 1. The van der Waals surface area contributed by atoms with Gasteiger partial charge < -0.3 is 19.8 Å². The summed E-state index contributed by atoms with van der Waals surface area (Å²) in [6.45, 7) is 7.25. The number of rotatable bonds is 2. The first-order valence-corrected chi connectivity index (χ1v) is 6.14. The molecule has 0 spiro atoms. The Morgan fingerprint density at radius 3 is 2.89 bits per heavy atom. The first kappa shape index (κ1) is 13.1. The molecule has 1 atom stereocenters. The molecule has 2 N–H and O–H groups in total. The lowest BCUT2D eigenvalue weighted by molar-refractivity contribution is -0.122. The van der Waals surface area contributed by atoms with Crippen LogP contribution in [0.3, 0.4) is 0 Å². The van der Waals surface area contributed by atoms with Crippen molar-refractivity contribution in [2.75, 3.05) is 19.6 Å². The lowest BCUT2D eigenvalue weighted by Gasteiger charge is -2.42. The minimum atomic E-state index is -0.377. The number of nitrogens with zero attached hydrogens (tertiary/aromatic N) is 1. The summed E-state index contributed by atoms with van der Waals surface area (Å²) in [5.74, 6) is 0.316. The van der Waals surface area contributed by atoms with E-state index in [0.29, 0.717) is 25.4 Å². The van der Waals surface area contributed by atoms with Gasteiger partial charge in [-0.25, -0.2) is 0 Å². The van der Waals surface area contributed by atoms with Crippen LogP contribution in [0, 0.1) is 6.92 Å². The molecule has 2 heterocycles. The number of nitrogens with two attached hydrogens (primary N) is 1. The van der Waals surface area contributed by atoms with Crippen LogP contribution in [-0.2, 0) is 4.74 Å². The van der Waals surface area contributed by atoms with E-state index in [2.05, 4.69) is 0 Å². The van der Waals surface area contributed by atoms with Crippen molar-refractivity contribution in [2.45, 2.75) is 32.5 Å². The van der Waals surface area contributed by atoms with Gasteiger partial charge in [0.15, 0.2) is 5.76 Å². The Bertz CT molecular complexity index is 439. The molecule has 1 aliphatic heterocycles. The maximum atomic E-state index is 12.4. The van der Waals surface area contributed by atoms with Crippen LogP contribution >= 0.6 is 0 Å². The average molecular weight is 252 g/mol. The van der Waals surface area contributed by atoms with E-state index in [4.69, 9.17) is 14.9 Å². The molecule has 1 fully saturated rings. The third kappa shape index (κ3) is 2.57. The Morgan fingerprint density at radius 1 is 1.61 bits per heavy atom. The largest absolute Gasteiger partial charge is 0.459 e. The van der Waals surface area contributed by atoms with Gasteiger partial charge in [-0.2, -0.15) is 0 Å². The fourth-order valence-corrected chi connectivity index (χ4v) is 2.31. The first-order chi connectivity index (χ1) is 8.43. The van der Waals surface area contributed by atoms with Gasteiger partial charge in [-0.1, -0.05) is 0 Å². The second-order valence-corrected chi connectivity index (χ2v) is 5.35. The summed E-state index contributed by atoms with van der Waals surface area (Å²) in [5.41, 5.74) is 6.13. The molecule has 0 radical (unpaired) electrons. The zero-order chi connectivity index (χ0) is 13.3. The van der Waals surface area contributed by atoms with Crippen molar-refractivity contribution in [1.82, 2.24) is 4.90 Å². The molecule has 0 bridgehead atoms. The van der Waals surface area contributed by atoms with E-state index in [1.54, 1.807) is 11.0 Å². The monoisotopic (exact) mass is 252 g/mol. The average Bonchev–Trinajstić information content (AvgIpc) is 2.72. The molecule has 1 unspecified atom stereocenters. The second-order valence-electron chi connectivity index (χ2n) is 5.35. The lowest BCUT2D eigenvalue weighted by atomic mass is 10.0. The molecule has 1 amide bonds. The van der Waals surface area contributed by atoms with Gasteiger partial charge in [0.1, 0.15) is 0 Å². The van der Waals surface area contributed by atoms with Crippen LogP contribution in [0.25, 0.3) is 0 Å². The lowest BCUT2D eigenvalue weighted by Crippen LogP contribution is -2.56. The van der Waals surface area contributed by atoms with E-state index >= 15 is 0 Å². The van der Waals surface area contributed by atoms with Gasteiger partial charge in [0.2, 0.25) is 0 Å². The van der Waals surface area contributed by atoms with Crippen molar-refractivity contribution in [3.63, 3.8) is 0 Å². The zero-order valence-corrected chi connectivity index (χ0v) is 11.1. The molecule has 5 heteroatoms. The van der Waals surface area contributed by atoms with Gasteiger partial charge in [-0.3, -0.25) is 4.79 Å². The Balaban J connectivity index is 2.17. The predicted molar refractivity (Wildman–Crippen MR) is 67.4 cm³/mol. The number of morpholine rings is 1. The number of amides is 1. The van der Waals surface area contributed by atoms with Crippen molar-refractivity contribution < 1.29 is 13.9 Å². The summed E-state index contributed by atoms with van der Waals surface area (Å²) in [6, 6.07) is 1.79. The van der Waals surface area contributed by atoms with Gasteiger partial charge in [0.25, 0.3) is 5.91 Å². The van der Waals surface area contributed by atoms with Crippen molar-refractivity contribution in [2.24, 2.45) is 5.73 Å². The Morgan fingerprint density at radius 2 is 2.33 bits per heavy atom. The molecule has 100 valence electrons. The standard InChI is InChI=1S/C13H20N2O3/c1-9-4-5-17-11(9)12(16)15-7-10(6-14)18-13(2,3)8-15/h4-5,10H,6-8,14H2,1-3H3. The fraction of sp³-hybridized carbons (Fsp3) is 0.615. The SMILES string of the molecule is Cc1ccoc1C(=O)N1CC(CN)OC(C)(C)C1. The van der Waals surface area contributed by atoms with Gasteiger partial charge in [-0.05, 0) is 26.8 Å². The van der Waals surface area contributed by atoms with Crippen LogP contribution in [0.1, 0.15) is 30.0 Å². The summed E-state index contributed by atoms with van der Waals surface area (Å²) < 4.78 is 11.1. The molecular formula is C13H20N2O3. The van der Waals surface area contributed by atoms with Gasteiger partial charge in [0.05, 0.1) is 18.0 Å². The van der Waals surface area contributed by atoms with Gasteiger partial charge in [-0.15, -0.1) is 0 Å². The molecular weight excluding hydrogens is 232 g/mol. The molecule has 1 saturated heterocycles. The molecule has 0 aromatic carbocycles. The van der Waals surface area contributed by atoms with E-state index in [-0.39, 0.29) is 17.6 Å². The molecule has 2 rings (SSSR count). The summed E-state index contributed by atoms with van der Waals surface area (Å²) in [6.07, 6.45) is 1.42. The van der Waals surface area contributed by atoms with Crippen LogP contribution in [0.2, 0.25) is 0 Å². The second kappa shape index (κ2) is 4.74. The molecule has 5 nitrogen and oxygen atoms in total. The van der Waals surface area contributed by atoms with E-state index < -0.39 is 0 Å². The number of hydrogen-bond acceptors (Lipinski definition) is 4. The topological polar surface area (TPSA) is 68.7 Å². The van der Waals surface area contributed by atoms with Crippen molar-refractivity contribution in [1.29, 1.82) is 0 Å². The van der Waals surface area contributed by atoms with Crippen LogP contribution in [-0.4, -0.2) is 42.1 Å². The van der Waals surface area contributed by atoms with Crippen LogP contribution in [0.5, 0.6) is 0 Å². The molecule has 18 heavy (non-hydrogen) atoms.